The van der Waals surface area contributed by atoms with Gasteiger partial charge in [-0.05, 0) is 32.4 Å². The van der Waals surface area contributed by atoms with Crippen LogP contribution in [0.25, 0.3) is 0 Å². The fourth-order valence-corrected chi connectivity index (χ4v) is 2.20. The van der Waals surface area contributed by atoms with Gasteiger partial charge in [0.2, 0.25) is 0 Å². The third-order valence-corrected chi connectivity index (χ3v) is 3.56. The Morgan fingerprint density at radius 2 is 1.56 bits per heavy atom. The molecule has 18 heavy (non-hydrogen) atoms. The van der Waals surface area contributed by atoms with Crippen LogP contribution in [-0.4, -0.2) is 6.54 Å². The van der Waals surface area contributed by atoms with Crippen LogP contribution >= 0.6 is 0 Å². The van der Waals surface area contributed by atoms with Crippen molar-refractivity contribution in [3.05, 3.63) is 35.4 Å². The van der Waals surface area contributed by atoms with Gasteiger partial charge < -0.3 is 5.32 Å². The number of nitrogens with one attached hydrogen (secondary N) is 1. The molecule has 1 atom stereocenters. The Morgan fingerprint density at radius 1 is 0.944 bits per heavy atom. The van der Waals surface area contributed by atoms with Crippen molar-refractivity contribution in [1.29, 1.82) is 0 Å². The lowest BCUT2D eigenvalue weighted by molar-refractivity contribution is 0.527. The maximum Gasteiger partial charge on any atom is 0.0291 e. The molecular weight excluding hydrogens is 218 g/mol. The van der Waals surface area contributed by atoms with Crippen LogP contribution in [0.5, 0.6) is 0 Å². The first-order chi connectivity index (χ1) is 8.74. The maximum atomic E-state index is 3.61. The molecule has 0 fully saturated rings. The monoisotopic (exact) mass is 247 g/mol. The molecule has 0 heterocycles. The zero-order valence-electron chi connectivity index (χ0n) is 12.3. The van der Waals surface area contributed by atoms with E-state index in [1.165, 1.54) is 49.7 Å². The van der Waals surface area contributed by atoms with Crippen LogP contribution < -0.4 is 5.32 Å². The van der Waals surface area contributed by atoms with Crippen molar-refractivity contribution >= 4 is 0 Å². The van der Waals surface area contributed by atoms with Gasteiger partial charge >= 0.3 is 0 Å². The van der Waals surface area contributed by atoms with Crippen molar-refractivity contribution in [2.24, 2.45) is 0 Å². The molecule has 0 aromatic heterocycles. The minimum absolute atomic E-state index is 0.473. The van der Waals surface area contributed by atoms with E-state index in [0.29, 0.717) is 6.04 Å². The summed E-state index contributed by atoms with van der Waals surface area (Å²) in [7, 11) is 0. The van der Waals surface area contributed by atoms with Crippen LogP contribution in [0.2, 0.25) is 0 Å². The number of benzene rings is 1. The minimum atomic E-state index is 0.473. The summed E-state index contributed by atoms with van der Waals surface area (Å²) in [4.78, 5) is 0. The predicted octanol–water partition coefficient (Wildman–Crippen LogP) is 5.01. The molecule has 0 saturated heterocycles. The molecule has 0 radical (unpaired) electrons. The minimum Gasteiger partial charge on any atom is -0.310 e. The average Bonchev–Trinajstić information content (AvgIpc) is 2.38. The molecule has 0 aliphatic rings. The largest absolute Gasteiger partial charge is 0.310 e. The van der Waals surface area contributed by atoms with Gasteiger partial charge in [0.15, 0.2) is 0 Å². The van der Waals surface area contributed by atoms with Crippen LogP contribution in [0.3, 0.4) is 0 Å². The first kappa shape index (κ1) is 15.2. The normalized spacial score (nSPS) is 12.6. The van der Waals surface area contributed by atoms with Crippen molar-refractivity contribution in [1.82, 2.24) is 5.32 Å². The molecule has 1 rings (SSSR count). The molecule has 1 N–H and O–H groups in total. The Balaban J connectivity index is 2.10. The van der Waals surface area contributed by atoms with Gasteiger partial charge in [0.1, 0.15) is 0 Å². The second kappa shape index (κ2) is 9.16. The molecule has 1 nitrogen and oxygen atoms in total. The first-order valence-electron chi connectivity index (χ1n) is 7.54. The van der Waals surface area contributed by atoms with Crippen LogP contribution in [0.4, 0.5) is 0 Å². The molecule has 1 aromatic rings. The topological polar surface area (TPSA) is 12.0 Å². The zero-order valence-corrected chi connectivity index (χ0v) is 12.3. The van der Waals surface area contributed by atoms with Crippen molar-refractivity contribution in [3.63, 3.8) is 0 Å². The number of hydrogen-bond donors (Lipinski definition) is 1. The highest BCUT2D eigenvalue weighted by molar-refractivity contribution is 5.23. The Hall–Kier alpha value is -0.820. The van der Waals surface area contributed by atoms with Crippen molar-refractivity contribution in [2.75, 3.05) is 6.54 Å². The average molecular weight is 247 g/mol. The highest BCUT2D eigenvalue weighted by Crippen LogP contribution is 2.13. The van der Waals surface area contributed by atoms with E-state index in [2.05, 4.69) is 50.4 Å². The van der Waals surface area contributed by atoms with E-state index in [0.717, 1.165) is 6.54 Å². The number of hydrogen-bond acceptors (Lipinski definition) is 1. The van der Waals surface area contributed by atoms with Crippen LogP contribution in [-0.2, 0) is 0 Å². The summed E-state index contributed by atoms with van der Waals surface area (Å²) in [5.41, 5.74) is 2.73. The molecule has 0 unspecified atom stereocenters. The van der Waals surface area contributed by atoms with E-state index < -0.39 is 0 Å². The second-order valence-electron chi connectivity index (χ2n) is 5.35. The Bertz CT molecular complexity index is 302. The third-order valence-electron chi connectivity index (χ3n) is 3.56. The van der Waals surface area contributed by atoms with Gasteiger partial charge in [-0.25, -0.2) is 0 Å². The molecule has 0 aliphatic carbocycles. The highest BCUT2D eigenvalue weighted by Gasteiger charge is 2.03. The summed E-state index contributed by atoms with van der Waals surface area (Å²) in [6.07, 6.45) is 8.21. The quantitative estimate of drug-likeness (QED) is 0.605. The van der Waals surface area contributed by atoms with Gasteiger partial charge in [-0.2, -0.15) is 0 Å². The fourth-order valence-electron chi connectivity index (χ4n) is 2.20. The Kier molecular flexibility index (Phi) is 7.75. The standard InChI is InChI=1S/C17H29N/c1-4-5-6-7-8-9-14-18-16(3)17-12-10-15(2)11-13-17/h10-13,16,18H,4-9,14H2,1-3H3/t16-/m1/s1. The van der Waals surface area contributed by atoms with Gasteiger partial charge in [-0.15, -0.1) is 0 Å². The van der Waals surface area contributed by atoms with E-state index in [1.807, 2.05) is 0 Å². The highest BCUT2D eigenvalue weighted by atomic mass is 14.9. The van der Waals surface area contributed by atoms with Crippen LogP contribution in [0.1, 0.15) is 69.5 Å². The molecule has 0 spiro atoms. The third kappa shape index (κ3) is 6.20. The van der Waals surface area contributed by atoms with Gasteiger partial charge in [-0.1, -0.05) is 68.9 Å². The smallest absolute Gasteiger partial charge is 0.0291 e. The molecule has 0 aliphatic heterocycles. The molecular formula is C17H29N. The van der Waals surface area contributed by atoms with Crippen molar-refractivity contribution in [2.45, 2.75) is 65.3 Å². The summed E-state index contributed by atoms with van der Waals surface area (Å²) in [5.74, 6) is 0. The molecule has 0 amide bonds. The van der Waals surface area contributed by atoms with Gasteiger partial charge in [0.05, 0.1) is 0 Å². The van der Waals surface area contributed by atoms with Gasteiger partial charge in [0.25, 0.3) is 0 Å². The molecule has 1 heteroatoms. The van der Waals surface area contributed by atoms with E-state index in [-0.39, 0.29) is 0 Å². The van der Waals surface area contributed by atoms with E-state index >= 15 is 0 Å². The van der Waals surface area contributed by atoms with E-state index in [9.17, 15) is 0 Å². The molecule has 0 saturated carbocycles. The fraction of sp³-hybridized carbons (Fsp3) is 0.647. The van der Waals surface area contributed by atoms with Gasteiger partial charge in [0, 0.05) is 6.04 Å². The zero-order chi connectivity index (χ0) is 13.2. The lowest BCUT2D eigenvalue weighted by Crippen LogP contribution is -2.19. The summed E-state index contributed by atoms with van der Waals surface area (Å²) < 4.78 is 0. The summed E-state index contributed by atoms with van der Waals surface area (Å²) >= 11 is 0. The Morgan fingerprint density at radius 3 is 2.22 bits per heavy atom. The SMILES string of the molecule is CCCCCCCCN[C@H](C)c1ccc(C)cc1. The molecule has 1 aromatic carbocycles. The first-order valence-corrected chi connectivity index (χ1v) is 7.54. The number of unbranched alkanes of at least 4 members (excludes halogenated alkanes) is 5. The number of aryl methyl sites for hydroxylation is 1. The van der Waals surface area contributed by atoms with Crippen molar-refractivity contribution in [3.8, 4) is 0 Å². The lowest BCUT2D eigenvalue weighted by Gasteiger charge is -2.14. The van der Waals surface area contributed by atoms with Crippen molar-refractivity contribution < 1.29 is 0 Å². The van der Waals surface area contributed by atoms with E-state index in [4.69, 9.17) is 0 Å². The van der Waals surface area contributed by atoms with Crippen LogP contribution in [0, 0.1) is 6.92 Å². The summed E-state index contributed by atoms with van der Waals surface area (Å²) in [5, 5.41) is 3.61. The Labute approximate surface area is 113 Å². The maximum absolute atomic E-state index is 3.61. The predicted molar refractivity (Wildman–Crippen MR) is 81.0 cm³/mol. The molecule has 0 bridgehead atoms. The molecule has 102 valence electrons. The van der Waals surface area contributed by atoms with E-state index in [1.54, 1.807) is 0 Å². The number of rotatable bonds is 9. The van der Waals surface area contributed by atoms with Crippen LogP contribution in [0.15, 0.2) is 24.3 Å². The summed E-state index contributed by atoms with van der Waals surface area (Å²) in [6, 6.07) is 9.32. The second-order valence-corrected chi connectivity index (χ2v) is 5.35. The van der Waals surface area contributed by atoms with Gasteiger partial charge in [-0.3, -0.25) is 0 Å². The lowest BCUT2D eigenvalue weighted by atomic mass is 10.1. The summed E-state index contributed by atoms with van der Waals surface area (Å²) in [6.45, 7) is 7.80.